The van der Waals surface area contributed by atoms with Crippen molar-refractivity contribution in [3.8, 4) is 5.75 Å². The molecule has 4 rings (SSSR count). The minimum absolute atomic E-state index is 0.0848. The van der Waals surface area contributed by atoms with Crippen LogP contribution < -0.4 is 20.5 Å². The van der Waals surface area contributed by atoms with Crippen LogP contribution in [0, 0.1) is 11.8 Å². The van der Waals surface area contributed by atoms with Gasteiger partial charge in [-0.2, -0.15) is 0 Å². The highest BCUT2D eigenvalue weighted by atomic mass is 19.4. The van der Waals surface area contributed by atoms with Gasteiger partial charge in [-0.1, -0.05) is 25.1 Å². The molecule has 2 aliphatic rings. The van der Waals surface area contributed by atoms with E-state index < -0.39 is 18.3 Å². The third-order valence-corrected chi connectivity index (χ3v) is 5.84. The Hall–Kier alpha value is -3.11. The zero-order chi connectivity index (χ0) is 23.6. The summed E-state index contributed by atoms with van der Waals surface area (Å²) in [6.45, 7) is 3.83. The van der Waals surface area contributed by atoms with E-state index in [4.69, 9.17) is 0 Å². The molecule has 0 radical (unpaired) electrons. The molecule has 0 aromatic heterocycles. The van der Waals surface area contributed by atoms with Gasteiger partial charge in [-0.25, -0.2) is 10.4 Å². The Morgan fingerprint density at radius 2 is 1.82 bits per heavy atom. The summed E-state index contributed by atoms with van der Waals surface area (Å²) in [5.41, 5.74) is 4.28. The second kappa shape index (κ2) is 9.40. The maximum absolute atomic E-state index is 13.2. The Bertz CT molecular complexity index is 985. The number of ether oxygens (including phenoxy) is 1. The number of rotatable bonds is 6. The fraction of sp³-hybridized carbons (Fsp3) is 0.391. The summed E-state index contributed by atoms with van der Waals surface area (Å²) in [6.07, 6.45) is -3.90. The van der Waals surface area contributed by atoms with Gasteiger partial charge in [0.15, 0.2) is 0 Å². The molecule has 3 unspecified atom stereocenters. The lowest BCUT2D eigenvalue weighted by atomic mass is 9.84. The van der Waals surface area contributed by atoms with E-state index in [1.54, 1.807) is 0 Å². The highest BCUT2D eigenvalue weighted by molar-refractivity contribution is 6.00. The summed E-state index contributed by atoms with van der Waals surface area (Å²) < 4.78 is 41.0. The number of benzene rings is 2. The predicted molar refractivity (Wildman–Crippen MR) is 116 cm³/mol. The number of carbonyl (C=O) groups is 2. The number of carbonyl (C=O) groups excluding carboxylic acids is 2. The highest BCUT2D eigenvalue weighted by Crippen LogP contribution is 2.33. The van der Waals surface area contributed by atoms with Crippen LogP contribution >= 0.6 is 0 Å². The van der Waals surface area contributed by atoms with Crippen molar-refractivity contribution in [2.24, 2.45) is 11.8 Å². The van der Waals surface area contributed by atoms with Crippen molar-refractivity contribution < 1.29 is 27.5 Å². The molecule has 33 heavy (non-hydrogen) atoms. The average molecular weight is 462 g/mol. The number of anilines is 2. The van der Waals surface area contributed by atoms with Crippen LogP contribution in [-0.4, -0.2) is 48.8 Å². The molecule has 2 amide bonds. The Kier molecular flexibility index (Phi) is 6.57. The number of likely N-dealkylation sites (tertiary alicyclic amines) is 1. The van der Waals surface area contributed by atoms with E-state index in [0.717, 1.165) is 25.1 Å². The molecule has 0 bridgehead atoms. The maximum Gasteiger partial charge on any atom is 0.573 e. The number of para-hydroxylation sites is 1. The lowest BCUT2D eigenvalue weighted by Crippen LogP contribution is -2.56. The molecule has 0 saturated carbocycles. The second-order valence-electron chi connectivity index (χ2n) is 8.20. The molecule has 2 aromatic carbocycles. The zero-order valence-corrected chi connectivity index (χ0v) is 18.0. The Morgan fingerprint density at radius 3 is 2.45 bits per heavy atom. The highest BCUT2D eigenvalue weighted by Gasteiger charge is 2.50. The number of hydrogen-bond donors (Lipinski definition) is 2. The normalized spacial score (nSPS) is 23.3. The van der Waals surface area contributed by atoms with E-state index in [1.165, 1.54) is 17.1 Å². The summed E-state index contributed by atoms with van der Waals surface area (Å²) in [5.74, 6) is -1.67. The first kappa shape index (κ1) is 23.1. The molecule has 2 aliphatic heterocycles. The van der Waals surface area contributed by atoms with Crippen LogP contribution in [-0.2, 0) is 9.59 Å². The van der Waals surface area contributed by atoms with Gasteiger partial charge in [0.05, 0.1) is 23.6 Å². The van der Waals surface area contributed by atoms with Gasteiger partial charge >= 0.3 is 6.36 Å². The van der Waals surface area contributed by atoms with E-state index >= 15 is 0 Å². The van der Waals surface area contributed by atoms with Crippen molar-refractivity contribution in [3.63, 3.8) is 0 Å². The van der Waals surface area contributed by atoms with Crippen LogP contribution in [0.4, 0.5) is 24.5 Å². The molecule has 7 nitrogen and oxygen atoms in total. The molecule has 0 spiro atoms. The Labute approximate surface area is 189 Å². The third-order valence-electron chi connectivity index (χ3n) is 5.84. The van der Waals surface area contributed by atoms with Gasteiger partial charge in [0.2, 0.25) is 11.8 Å². The lowest BCUT2D eigenvalue weighted by molar-refractivity contribution is -0.274. The van der Waals surface area contributed by atoms with Crippen molar-refractivity contribution in [2.75, 3.05) is 30.0 Å². The van der Waals surface area contributed by atoms with E-state index in [2.05, 4.69) is 20.4 Å². The molecular formula is C23H25F3N4O3. The van der Waals surface area contributed by atoms with Gasteiger partial charge in [-0.15, -0.1) is 13.2 Å². The van der Waals surface area contributed by atoms with Crippen molar-refractivity contribution in [2.45, 2.75) is 25.7 Å². The second-order valence-corrected chi connectivity index (χ2v) is 8.20. The number of alkyl halides is 3. The van der Waals surface area contributed by atoms with Gasteiger partial charge in [-0.3, -0.25) is 9.59 Å². The van der Waals surface area contributed by atoms with Crippen LogP contribution in [0.25, 0.3) is 0 Å². The van der Waals surface area contributed by atoms with Crippen LogP contribution in [0.3, 0.4) is 0 Å². The standard InChI is InChI=1S/C23H25F3N4O3/c1-2-12-29-13-18(21(31)27-15-8-10-17(11-9-15)33-23(24,25)26)20-19(14-29)22(32)30(28-20)16-6-4-3-5-7-16/h3-11,18-20,28H,2,12-14H2,1H3,(H,27,31). The summed E-state index contributed by atoms with van der Waals surface area (Å²) in [7, 11) is 0. The molecular weight excluding hydrogens is 437 g/mol. The fourth-order valence-corrected chi connectivity index (χ4v) is 4.43. The minimum atomic E-state index is -4.78. The van der Waals surface area contributed by atoms with E-state index in [9.17, 15) is 22.8 Å². The molecule has 2 saturated heterocycles. The SMILES string of the molecule is CCCN1CC(C(=O)Nc2ccc(OC(F)(F)F)cc2)C2NN(c3ccccc3)C(=O)C2C1. The molecule has 3 atom stereocenters. The van der Waals surface area contributed by atoms with Gasteiger partial charge in [0.1, 0.15) is 5.75 Å². The van der Waals surface area contributed by atoms with E-state index in [0.29, 0.717) is 24.5 Å². The van der Waals surface area contributed by atoms with E-state index in [-0.39, 0.29) is 23.5 Å². The van der Waals surface area contributed by atoms with Crippen LogP contribution in [0.15, 0.2) is 54.6 Å². The van der Waals surface area contributed by atoms with Crippen molar-refractivity contribution in [1.29, 1.82) is 0 Å². The first-order chi connectivity index (χ1) is 15.7. The molecule has 10 heteroatoms. The van der Waals surface area contributed by atoms with Gasteiger partial charge in [-0.05, 0) is 49.4 Å². The number of hydrogen-bond acceptors (Lipinski definition) is 5. The first-order valence-electron chi connectivity index (χ1n) is 10.8. The summed E-state index contributed by atoms with van der Waals surface area (Å²) >= 11 is 0. The summed E-state index contributed by atoms with van der Waals surface area (Å²) in [5, 5.41) is 4.28. The largest absolute Gasteiger partial charge is 0.573 e. The summed E-state index contributed by atoms with van der Waals surface area (Å²) in [4.78, 5) is 28.5. The number of amides is 2. The van der Waals surface area contributed by atoms with Crippen LogP contribution in [0.2, 0.25) is 0 Å². The molecule has 2 aromatic rings. The Balaban J connectivity index is 1.51. The quantitative estimate of drug-likeness (QED) is 0.689. The fourth-order valence-electron chi connectivity index (χ4n) is 4.43. The predicted octanol–water partition coefficient (Wildman–Crippen LogP) is 3.40. The van der Waals surface area contributed by atoms with Crippen LogP contribution in [0.1, 0.15) is 13.3 Å². The average Bonchev–Trinajstić information content (AvgIpc) is 3.11. The Morgan fingerprint density at radius 1 is 1.12 bits per heavy atom. The smallest absolute Gasteiger partial charge is 0.406 e. The molecule has 2 heterocycles. The topological polar surface area (TPSA) is 73.9 Å². The third kappa shape index (κ3) is 5.28. The molecule has 0 aliphatic carbocycles. The van der Waals surface area contributed by atoms with Crippen molar-refractivity contribution >= 4 is 23.2 Å². The number of halogens is 3. The maximum atomic E-state index is 13.2. The number of piperidine rings is 1. The van der Waals surface area contributed by atoms with Crippen LogP contribution in [0.5, 0.6) is 5.75 Å². The molecule has 2 fully saturated rings. The molecule has 2 N–H and O–H groups in total. The number of nitrogens with zero attached hydrogens (tertiary/aromatic N) is 2. The van der Waals surface area contributed by atoms with Crippen molar-refractivity contribution in [3.05, 3.63) is 54.6 Å². The number of nitrogens with one attached hydrogen (secondary N) is 2. The monoisotopic (exact) mass is 462 g/mol. The minimum Gasteiger partial charge on any atom is -0.406 e. The lowest BCUT2D eigenvalue weighted by Gasteiger charge is -2.38. The van der Waals surface area contributed by atoms with Gasteiger partial charge in [0.25, 0.3) is 0 Å². The number of fused-ring (bicyclic) bond motifs is 1. The summed E-state index contributed by atoms with van der Waals surface area (Å²) in [6, 6.07) is 13.8. The van der Waals surface area contributed by atoms with Crippen molar-refractivity contribution in [1.82, 2.24) is 10.3 Å². The van der Waals surface area contributed by atoms with E-state index in [1.807, 2.05) is 37.3 Å². The molecule has 176 valence electrons. The zero-order valence-electron chi connectivity index (χ0n) is 18.0. The van der Waals surface area contributed by atoms with Gasteiger partial charge < -0.3 is 15.0 Å². The van der Waals surface area contributed by atoms with Gasteiger partial charge in [0, 0.05) is 18.8 Å². The first-order valence-corrected chi connectivity index (χ1v) is 10.8. The number of hydrazine groups is 1.